The third-order valence-corrected chi connectivity index (χ3v) is 4.76. The highest BCUT2D eigenvalue weighted by Gasteiger charge is 2.51. The Balaban J connectivity index is 2.16. The Morgan fingerprint density at radius 2 is 1.83 bits per heavy atom. The summed E-state index contributed by atoms with van der Waals surface area (Å²) in [5.74, 6) is 0.674. The van der Waals surface area contributed by atoms with E-state index in [1.165, 1.54) is 0 Å². The van der Waals surface area contributed by atoms with Crippen molar-refractivity contribution in [1.29, 1.82) is 0 Å². The molecule has 1 saturated heterocycles. The van der Waals surface area contributed by atoms with Crippen LogP contribution in [0.15, 0.2) is 18.2 Å². The van der Waals surface area contributed by atoms with E-state index in [1.807, 2.05) is 52.8 Å². The van der Waals surface area contributed by atoms with Gasteiger partial charge in [0.1, 0.15) is 5.75 Å². The van der Waals surface area contributed by atoms with Gasteiger partial charge in [-0.15, -0.1) is 0 Å². The first-order chi connectivity index (χ1) is 11.2. The molecule has 1 heterocycles. The molecule has 24 heavy (non-hydrogen) atoms. The van der Waals surface area contributed by atoms with Gasteiger partial charge in [-0.05, 0) is 45.6 Å². The highest BCUT2D eigenvalue weighted by molar-refractivity contribution is 6.62. The summed E-state index contributed by atoms with van der Waals surface area (Å²) >= 11 is 0. The van der Waals surface area contributed by atoms with Crippen LogP contribution in [0.2, 0.25) is 0 Å². The van der Waals surface area contributed by atoms with Crippen LogP contribution in [-0.4, -0.2) is 37.9 Å². The lowest BCUT2D eigenvalue weighted by molar-refractivity contribution is -0.120. The van der Waals surface area contributed by atoms with E-state index in [0.29, 0.717) is 18.7 Å². The van der Waals surface area contributed by atoms with E-state index in [4.69, 9.17) is 14.0 Å². The number of methoxy groups -OCH3 is 1. The zero-order chi connectivity index (χ0) is 18.0. The monoisotopic (exact) mass is 333 g/mol. The summed E-state index contributed by atoms with van der Waals surface area (Å²) in [6, 6.07) is 5.74. The van der Waals surface area contributed by atoms with Crippen LogP contribution < -0.4 is 15.5 Å². The molecule has 1 N–H and O–H groups in total. The first kappa shape index (κ1) is 18.8. The maximum absolute atomic E-state index is 11.9. The fourth-order valence-corrected chi connectivity index (χ4v) is 2.53. The summed E-state index contributed by atoms with van der Waals surface area (Å²) in [6.07, 6.45) is 1.22. The van der Waals surface area contributed by atoms with Crippen LogP contribution >= 0.6 is 0 Å². The van der Waals surface area contributed by atoms with Gasteiger partial charge in [-0.3, -0.25) is 4.79 Å². The zero-order valence-corrected chi connectivity index (χ0v) is 15.6. The van der Waals surface area contributed by atoms with Gasteiger partial charge >= 0.3 is 7.12 Å². The molecule has 0 unspecified atom stereocenters. The van der Waals surface area contributed by atoms with Gasteiger partial charge in [0.15, 0.2) is 0 Å². The third-order valence-electron chi connectivity index (χ3n) is 4.76. The van der Waals surface area contributed by atoms with Crippen molar-refractivity contribution >= 4 is 18.5 Å². The van der Waals surface area contributed by atoms with E-state index in [9.17, 15) is 4.79 Å². The molecule has 132 valence electrons. The predicted molar refractivity (Wildman–Crippen MR) is 95.7 cm³/mol. The van der Waals surface area contributed by atoms with Gasteiger partial charge in [-0.1, -0.05) is 19.1 Å². The quantitative estimate of drug-likeness (QED) is 0.810. The summed E-state index contributed by atoms with van der Waals surface area (Å²) in [4.78, 5) is 11.9. The van der Waals surface area contributed by atoms with Crippen molar-refractivity contribution in [3.8, 4) is 5.75 Å². The number of amides is 1. The fraction of sp³-hybridized carbons (Fsp3) is 0.611. The molecule has 1 fully saturated rings. The summed E-state index contributed by atoms with van der Waals surface area (Å²) in [7, 11) is 1.17. The van der Waals surface area contributed by atoms with Gasteiger partial charge in [-0.2, -0.15) is 0 Å². The van der Waals surface area contributed by atoms with Crippen molar-refractivity contribution in [2.75, 3.05) is 13.7 Å². The molecular weight excluding hydrogens is 305 g/mol. The van der Waals surface area contributed by atoms with Crippen LogP contribution in [0.4, 0.5) is 0 Å². The Kier molecular flexibility index (Phi) is 5.61. The first-order valence-corrected chi connectivity index (χ1v) is 8.49. The standard InChI is InChI=1S/C18H28BNO4/c1-7-10-20-16(21)11-13-8-9-14(12-15(13)22-6)19-23-17(2,3)18(4,5)24-19/h8-9,12H,7,10-11H2,1-6H3,(H,20,21). The molecular formula is C18H28BNO4. The van der Waals surface area contributed by atoms with Gasteiger partial charge in [0.05, 0.1) is 24.7 Å². The molecule has 1 aromatic rings. The second-order valence-corrected chi connectivity index (χ2v) is 7.19. The lowest BCUT2D eigenvalue weighted by Gasteiger charge is -2.32. The molecule has 0 spiro atoms. The third kappa shape index (κ3) is 3.93. The van der Waals surface area contributed by atoms with Gasteiger partial charge in [-0.25, -0.2) is 0 Å². The van der Waals surface area contributed by atoms with E-state index in [1.54, 1.807) is 7.11 Å². The molecule has 0 aliphatic carbocycles. The number of rotatable bonds is 6. The summed E-state index contributed by atoms with van der Waals surface area (Å²) in [5, 5.41) is 2.88. The second-order valence-electron chi connectivity index (χ2n) is 7.19. The van der Waals surface area contributed by atoms with Crippen molar-refractivity contribution < 1.29 is 18.8 Å². The molecule has 0 radical (unpaired) electrons. The molecule has 1 aromatic carbocycles. The molecule has 1 aliphatic heterocycles. The average molecular weight is 333 g/mol. The van der Waals surface area contributed by atoms with Crippen LogP contribution in [0.3, 0.4) is 0 Å². The number of carbonyl (C=O) groups is 1. The normalized spacial score (nSPS) is 18.5. The van der Waals surface area contributed by atoms with Crippen molar-refractivity contribution in [3.63, 3.8) is 0 Å². The van der Waals surface area contributed by atoms with Crippen molar-refractivity contribution in [3.05, 3.63) is 23.8 Å². The molecule has 0 bridgehead atoms. The maximum Gasteiger partial charge on any atom is 0.494 e. The minimum Gasteiger partial charge on any atom is -0.496 e. The highest BCUT2D eigenvalue weighted by Crippen LogP contribution is 2.36. The van der Waals surface area contributed by atoms with Crippen molar-refractivity contribution in [2.24, 2.45) is 0 Å². The lowest BCUT2D eigenvalue weighted by Crippen LogP contribution is -2.41. The number of hydrogen-bond acceptors (Lipinski definition) is 4. The van der Waals surface area contributed by atoms with Crippen LogP contribution in [0, 0.1) is 0 Å². The van der Waals surface area contributed by atoms with Gasteiger partial charge in [0.2, 0.25) is 5.91 Å². The van der Waals surface area contributed by atoms with Crippen LogP contribution in [0.1, 0.15) is 46.6 Å². The van der Waals surface area contributed by atoms with E-state index < -0.39 is 7.12 Å². The van der Waals surface area contributed by atoms with E-state index in [-0.39, 0.29) is 17.1 Å². The maximum atomic E-state index is 11.9. The molecule has 5 nitrogen and oxygen atoms in total. The van der Waals surface area contributed by atoms with Crippen LogP contribution in [0.25, 0.3) is 0 Å². The Hall–Kier alpha value is -1.53. The number of ether oxygens (including phenoxy) is 1. The Morgan fingerprint density at radius 3 is 2.38 bits per heavy atom. The summed E-state index contributed by atoms with van der Waals surface area (Å²) in [6.45, 7) is 10.8. The second kappa shape index (κ2) is 7.15. The number of carbonyl (C=O) groups excluding carboxylic acids is 1. The lowest BCUT2D eigenvalue weighted by atomic mass is 9.78. The van der Waals surface area contributed by atoms with Crippen molar-refractivity contribution in [1.82, 2.24) is 5.32 Å². The topological polar surface area (TPSA) is 56.8 Å². The number of nitrogens with one attached hydrogen (secondary N) is 1. The molecule has 1 aliphatic rings. The van der Waals surface area contributed by atoms with E-state index in [2.05, 4.69) is 5.32 Å². The smallest absolute Gasteiger partial charge is 0.494 e. The average Bonchev–Trinajstić information content (AvgIpc) is 2.73. The Bertz CT molecular complexity index is 585. The largest absolute Gasteiger partial charge is 0.496 e. The van der Waals surface area contributed by atoms with Crippen molar-refractivity contribution in [2.45, 2.75) is 58.7 Å². The Morgan fingerprint density at radius 1 is 1.21 bits per heavy atom. The van der Waals surface area contributed by atoms with Gasteiger partial charge < -0.3 is 19.4 Å². The minimum atomic E-state index is -0.438. The molecule has 0 aromatic heterocycles. The molecule has 2 rings (SSSR count). The van der Waals surface area contributed by atoms with E-state index in [0.717, 1.165) is 17.4 Å². The minimum absolute atomic E-state index is 0.00136. The molecule has 0 atom stereocenters. The SMILES string of the molecule is CCCNC(=O)Cc1ccc(B2OC(C)(C)C(C)(C)O2)cc1OC. The highest BCUT2D eigenvalue weighted by atomic mass is 16.7. The Labute approximate surface area is 145 Å². The number of hydrogen-bond donors (Lipinski definition) is 1. The van der Waals surface area contributed by atoms with Crippen LogP contribution in [0.5, 0.6) is 5.75 Å². The van der Waals surface area contributed by atoms with Gasteiger partial charge in [0, 0.05) is 12.1 Å². The zero-order valence-electron chi connectivity index (χ0n) is 15.6. The first-order valence-electron chi connectivity index (χ1n) is 8.49. The number of benzene rings is 1. The summed E-state index contributed by atoms with van der Waals surface area (Å²) < 4.78 is 17.6. The van der Waals surface area contributed by atoms with Gasteiger partial charge in [0.25, 0.3) is 0 Å². The fourth-order valence-electron chi connectivity index (χ4n) is 2.53. The predicted octanol–water partition coefficient (Wildman–Crippen LogP) is 2.06. The molecule has 0 saturated carbocycles. The van der Waals surface area contributed by atoms with E-state index >= 15 is 0 Å². The molecule has 6 heteroatoms. The summed E-state index contributed by atoms with van der Waals surface area (Å²) in [5.41, 5.74) is 0.974. The molecule has 1 amide bonds. The van der Waals surface area contributed by atoms with Crippen LogP contribution in [-0.2, 0) is 20.5 Å².